The van der Waals surface area contributed by atoms with Crippen molar-refractivity contribution in [1.29, 1.82) is 0 Å². The molecule has 1 saturated carbocycles. The van der Waals surface area contributed by atoms with Gasteiger partial charge in [-0.15, -0.1) is 0 Å². The van der Waals surface area contributed by atoms with Crippen LogP contribution in [-0.4, -0.2) is 84.8 Å². The summed E-state index contributed by atoms with van der Waals surface area (Å²) in [6, 6.07) is 2.65. The minimum atomic E-state index is -1.61. The molecule has 17 heteroatoms. The maximum Gasteiger partial charge on any atom is 1.00 e. The minimum absolute atomic E-state index is 0. The number of benzene rings is 1. The molecule has 11 nitrogen and oxygen atoms in total. The average Bonchev–Trinajstić information content (AvgIpc) is 3.73. The van der Waals surface area contributed by atoms with Crippen molar-refractivity contribution >= 4 is 80.5 Å². The van der Waals surface area contributed by atoms with Crippen LogP contribution in [-0.2, 0) is 9.59 Å². The number of amides is 1. The summed E-state index contributed by atoms with van der Waals surface area (Å²) in [5.74, 6) is -5.11. The number of halogens is 1. The Balaban J connectivity index is 0.00000221. The van der Waals surface area contributed by atoms with Crippen molar-refractivity contribution in [2.45, 2.75) is 37.3 Å². The van der Waals surface area contributed by atoms with Gasteiger partial charge in [-0.25, -0.2) is 4.39 Å². The number of nitrogens with zero attached hydrogens (tertiary/aromatic N) is 4. The number of carboxylic acids is 2. The molecule has 3 fully saturated rings. The van der Waals surface area contributed by atoms with Gasteiger partial charge in [-0.3, -0.25) is 14.5 Å². The summed E-state index contributed by atoms with van der Waals surface area (Å²) < 4.78 is 17.0. The molecule has 4 aliphatic rings. The first-order chi connectivity index (χ1) is 19.9. The molecule has 220 valence electrons. The number of piperazine rings is 1. The van der Waals surface area contributed by atoms with Crippen LogP contribution in [0.3, 0.4) is 0 Å². The van der Waals surface area contributed by atoms with Crippen LogP contribution in [0.5, 0.6) is 0 Å². The maximum absolute atomic E-state index is 15.3. The first kappa shape index (κ1) is 35.5. The molecule has 0 spiro atoms. The Kier molecular flexibility index (Phi) is 10.8. The van der Waals surface area contributed by atoms with E-state index in [2.05, 4.69) is 0 Å². The average molecular weight is 677 g/mol. The number of thioether (sulfide) groups is 1. The molecule has 1 aromatic carbocycles. The zero-order valence-electron chi connectivity index (χ0n) is 24.1. The number of carboxylic acid groups (broad SMARTS) is 2. The number of aromatic carboxylic acids is 1. The van der Waals surface area contributed by atoms with Crippen molar-refractivity contribution in [3.63, 3.8) is 0 Å². The third kappa shape index (κ3) is 5.93. The molecule has 0 radical (unpaired) electrons. The number of β-lactam (4-membered cyclic amide) rings is 1. The van der Waals surface area contributed by atoms with Crippen LogP contribution < -0.4 is 79.7 Å². The van der Waals surface area contributed by atoms with Crippen molar-refractivity contribution in [3.8, 4) is 0 Å². The number of hydrogen-bond acceptors (Lipinski definition) is 11. The Hall–Kier alpha value is -1.40. The Bertz CT molecular complexity index is 1710. The number of fused-ring (bicyclic) bond motifs is 2. The van der Waals surface area contributed by atoms with Crippen LogP contribution in [0, 0.1) is 11.7 Å². The summed E-state index contributed by atoms with van der Waals surface area (Å²) in [4.78, 5) is 53.8. The van der Waals surface area contributed by atoms with Crippen LogP contribution in [0.15, 0.2) is 33.7 Å². The predicted molar refractivity (Wildman–Crippen MR) is 155 cm³/mol. The largest absolute Gasteiger partial charge is 1.00 e. The number of hydrogen-bond donors (Lipinski definition) is 1. The van der Waals surface area contributed by atoms with Crippen LogP contribution >= 0.6 is 36.2 Å². The number of pyridine rings is 1. The summed E-state index contributed by atoms with van der Waals surface area (Å²) >= 11 is 12.3. The van der Waals surface area contributed by atoms with E-state index in [4.69, 9.17) is 24.4 Å². The first-order valence-corrected chi connectivity index (χ1v) is 14.9. The number of aliphatic hydroxyl groups excluding tert-OH is 1. The normalized spacial score (nSPS) is 21.7. The number of rotatable bonds is 7. The Morgan fingerprint density at radius 1 is 1.07 bits per heavy atom. The topological polar surface area (TPSA) is 149 Å². The number of anilines is 1. The molecular weight excluding hydrogens is 653 g/mol. The second-order valence-corrected chi connectivity index (χ2v) is 12.6. The fourth-order valence-corrected chi connectivity index (χ4v) is 7.99. The van der Waals surface area contributed by atoms with E-state index in [1.54, 1.807) is 20.4 Å². The molecule has 0 bridgehead atoms. The zero-order chi connectivity index (χ0) is 30.2. The summed E-state index contributed by atoms with van der Waals surface area (Å²) in [6.07, 6.45) is 1.93. The summed E-state index contributed by atoms with van der Waals surface area (Å²) in [6.45, 7) is 2.78. The molecule has 1 aliphatic carbocycles. The monoisotopic (exact) mass is 676 g/mol. The molecule has 44 heavy (non-hydrogen) atoms. The van der Waals surface area contributed by atoms with Crippen LogP contribution in [0.2, 0.25) is 0 Å². The molecule has 2 saturated heterocycles. The third-order valence-electron chi connectivity index (χ3n) is 8.06. The van der Waals surface area contributed by atoms with Gasteiger partial charge in [-0.1, -0.05) is 36.2 Å². The molecule has 6 rings (SSSR count). The molecule has 3 aliphatic heterocycles. The Morgan fingerprint density at radius 3 is 2.25 bits per heavy atom. The standard InChI is InChI=1S/C27H25FN4O7S3.2Na/c1-11(33)18-23(35)32-19(27(38)39)22(42-25(18)32)21(40)24(41)30-6-4-29(5-7-30)17-9-16-13(8-15(17)28)20(34)14(26(36)37)10-31(16)12-2-3-12;;/h8-12,18,25,33H,2-7H2,1H3,(H,36,37)(H,38,39);;/q;2*+1/p-2/t11-,18-,25-;;/m1../s1. The zero-order valence-corrected chi connectivity index (χ0v) is 30.5. The second-order valence-electron chi connectivity index (χ2n) is 10.7. The van der Waals surface area contributed by atoms with Gasteiger partial charge < -0.3 is 39.3 Å². The van der Waals surface area contributed by atoms with Gasteiger partial charge in [0, 0.05) is 43.8 Å². The number of aromatic nitrogens is 1. The van der Waals surface area contributed by atoms with Gasteiger partial charge in [0.1, 0.15) is 16.2 Å². The van der Waals surface area contributed by atoms with Crippen molar-refractivity contribution in [3.05, 3.63) is 50.5 Å². The quantitative estimate of drug-likeness (QED) is 0.169. The van der Waals surface area contributed by atoms with Crippen molar-refractivity contribution in [1.82, 2.24) is 14.4 Å². The SMILES string of the molecule is C[C@@H](O)[C@@H]1C(=O)N2C(C(=O)[O-])=C(C(=S)C(=S)N3CCN(c4cc5c(cc4F)c(=O)c(C(=O)[O-])cn5C4CC4)CC3)S[C@H]12.[Na+].[Na+]. The van der Waals surface area contributed by atoms with Crippen LogP contribution in [0.1, 0.15) is 36.2 Å². The molecule has 1 amide bonds. The molecule has 0 unspecified atom stereocenters. The predicted octanol–water partition coefficient (Wildman–Crippen LogP) is -6.46. The van der Waals surface area contributed by atoms with E-state index in [9.17, 15) is 34.5 Å². The molecule has 3 atom stereocenters. The second kappa shape index (κ2) is 13.4. The van der Waals surface area contributed by atoms with Crippen molar-refractivity contribution in [2.24, 2.45) is 5.92 Å². The molecule has 1 aromatic heterocycles. The summed E-state index contributed by atoms with van der Waals surface area (Å²) in [7, 11) is 0. The van der Waals surface area contributed by atoms with E-state index < -0.39 is 52.1 Å². The van der Waals surface area contributed by atoms with E-state index in [1.807, 2.05) is 0 Å². The molecule has 1 N–H and O–H groups in total. The van der Waals surface area contributed by atoms with Gasteiger partial charge in [-0.05, 0) is 31.9 Å². The van der Waals surface area contributed by atoms with E-state index in [0.29, 0.717) is 31.7 Å². The third-order valence-corrected chi connectivity index (χ3v) is 10.6. The maximum atomic E-state index is 15.3. The number of carbonyl (C=O) groups excluding carboxylic acids is 3. The van der Waals surface area contributed by atoms with E-state index in [1.165, 1.54) is 13.1 Å². The Morgan fingerprint density at radius 2 is 1.70 bits per heavy atom. The van der Waals surface area contributed by atoms with E-state index in [0.717, 1.165) is 35.6 Å². The molecule has 4 heterocycles. The van der Waals surface area contributed by atoms with Crippen LogP contribution in [0.4, 0.5) is 10.1 Å². The fourth-order valence-electron chi connectivity index (χ4n) is 5.72. The van der Waals surface area contributed by atoms with Gasteiger partial charge >= 0.3 is 59.1 Å². The first-order valence-electron chi connectivity index (χ1n) is 13.2. The number of thiocarbonyl (C=S) groups is 2. The molecular formula is C27H23FN4Na2O7S3. The smallest absolute Gasteiger partial charge is 0.545 e. The number of carbonyl (C=O) groups is 3. The van der Waals surface area contributed by atoms with Crippen LogP contribution in [0.25, 0.3) is 10.9 Å². The molecule has 2 aromatic rings. The van der Waals surface area contributed by atoms with Gasteiger partial charge in [0.15, 0.2) is 5.43 Å². The van der Waals surface area contributed by atoms with Gasteiger partial charge in [0.25, 0.3) is 0 Å². The van der Waals surface area contributed by atoms with Gasteiger partial charge in [-0.2, -0.15) is 0 Å². The van der Waals surface area contributed by atoms with Crippen molar-refractivity contribution in [2.75, 3.05) is 31.1 Å². The number of aliphatic hydroxyl groups is 1. The minimum Gasteiger partial charge on any atom is -0.545 e. The summed E-state index contributed by atoms with van der Waals surface area (Å²) in [5, 5.41) is 32.8. The van der Waals surface area contributed by atoms with E-state index in [-0.39, 0.29) is 96.7 Å². The van der Waals surface area contributed by atoms with E-state index >= 15 is 4.39 Å². The van der Waals surface area contributed by atoms with Gasteiger partial charge in [0.05, 0.1) is 56.2 Å². The van der Waals surface area contributed by atoms with Gasteiger partial charge in [0.2, 0.25) is 5.91 Å². The summed E-state index contributed by atoms with van der Waals surface area (Å²) in [5.41, 5.74) is -0.951. The number of aliphatic carboxylic acids is 1. The fraction of sp³-hybridized carbons (Fsp3) is 0.407. The van der Waals surface area contributed by atoms with Crippen molar-refractivity contribution < 1.29 is 93.2 Å². The Labute approximate surface area is 310 Å².